The molecule has 7 aliphatic rings. The van der Waals surface area contributed by atoms with E-state index in [0.717, 1.165) is 13.8 Å². The van der Waals surface area contributed by atoms with E-state index in [-0.39, 0.29) is 6.61 Å². The maximum atomic E-state index is 12.7. The van der Waals surface area contributed by atoms with E-state index in [1.165, 1.54) is 0 Å². The van der Waals surface area contributed by atoms with Crippen LogP contribution in [-0.2, 0) is 71.2 Å². The Morgan fingerprint density at radius 2 is 0.687 bits per heavy atom. The number of aliphatic hydroxyl groups is 20. The van der Waals surface area contributed by atoms with E-state index in [9.17, 15) is 112 Å². The molecule has 482 valence electrons. The van der Waals surface area contributed by atoms with Gasteiger partial charge in [0.25, 0.3) is 0 Å². The lowest BCUT2D eigenvalue weighted by atomic mass is 9.94. The van der Waals surface area contributed by atoms with Crippen molar-refractivity contribution in [2.24, 2.45) is 0 Å². The average Bonchev–Trinajstić information content (AvgIpc) is 3.46. The first-order valence-electron chi connectivity index (χ1n) is 26.5. The molecule has 0 spiro atoms. The van der Waals surface area contributed by atoms with Crippen LogP contribution in [0.3, 0.4) is 0 Å². The number of carbonyl (C=O) groups excluding carboxylic acids is 2. The summed E-state index contributed by atoms with van der Waals surface area (Å²) < 4.78 is 74.8. The first-order valence-corrected chi connectivity index (χ1v) is 26.5. The number of carbonyl (C=O) groups is 2. The van der Waals surface area contributed by atoms with Crippen LogP contribution in [-0.4, -0.2) is 375 Å². The van der Waals surface area contributed by atoms with Gasteiger partial charge in [-0.05, 0) is 0 Å². The fourth-order valence-electron chi connectivity index (χ4n) is 10.5. The van der Waals surface area contributed by atoms with Crippen molar-refractivity contribution >= 4 is 11.8 Å². The standard InChI is InChI=1S/C46H78N2O35/c1-11(54)47-13-8-71-17(6-52)37(22(13)56)80-41-21(48-12(2)55)28(62)38(18(7-53)77-41)81-46-36(70)40(83-45-34(68)31(65)25(59)16(5-51)76-45)27(61)20(79-46)10-73-43-35(69)39(82-44-33(67)30(64)24(58)15(4-50)75-44)26(60)19(78-43)9-72-42-32(66)29(63)23(57)14(3-49)74-42/h13-46,49-53,56-70H,3-10H2,1-2H3,(H,47,54)(H,48,55)/t13-,14+,15+,16+,17+,18+,19+,20+,21+,22+,23+,24+,25+,26+,27+,28+,29-,30-,31-,32-,33-,34-,35-,36-,37+,38+,39-,40-,41-,42+,43-,44+,45+,46-/m0/s1. The summed E-state index contributed by atoms with van der Waals surface area (Å²) in [5.74, 6) is -1.40. The van der Waals surface area contributed by atoms with E-state index in [1.807, 2.05) is 0 Å². The second-order valence-electron chi connectivity index (χ2n) is 21.0. The summed E-state index contributed by atoms with van der Waals surface area (Å²) in [5, 5.41) is 221. The number of hydrogen-bond donors (Lipinski definition) is 22. The molecule has 37 heteroatoms. The molecule has 7 aliphatic heterocycles. The predicted octanol–water partition coefficient (Wildman–Crippen LogP) is -15.3. The van der Waals surface area contributed by atoms with Gasteiger partial charge in [0.15, 0.2) is 37.7 Å². The van der Waals surface area contributed by atoms with Gasteiger partial charge in [-0.15, -0.1) is 0 Å². The molecule has 34 atom stereocenters. The van der Waals surface area contributed by atoms with Crippen molar-refractivity contribution < 1.29 is 173 Å². The van der Waals surface area contributed by atoms with E-state index in [0.29, 0.717) is 0 Å². The molecule has 0 bridgehead atoms. The minimum atomic E-state index is -2.31. The summed E-state index contributed by atoms with van der Waals surface area (Å²) in [6, 6.07) is -2.82. The van der Waals surface area contributed by atoms with Crippen LogP contribution in [0.1, 0.15) is 13.8 Å². The minimum Gasteiger partial charge on any atom is -0.394 e. The Balaban J connectivity index is 1.17. The molecule has 0 aliphatic carbocycles. The topological polar surface area (TPSA) is 583 Å². The van der Waals surface area contributed by atoms with Gasteiger partial charge in [0, 0.05) is 13.8 Å². The van der Waals surface area contributed by atoms with E-state index in [1.54, 1.807) is 0 Å². The van der Waals surface area contributed by atoms with Crippen LogP contribution in [0.4, 0.5) is 0 Å². The van der Waals surface area contributed by atoms with Gasteiger partial charge in [0.05, 0.1) is 58.9 Å². The fraction of sp³-hybridized carbons (Fsp3) is 0.957. The van der Waals surface area contributed by atoms with Crippen LogP contribution >= 0.6 is 0 Å². The van der Waals surface area contributed by atoms with Gasteiger partial charge in [-0.1, -0.05) is 0 Å². The summed E-state index contributed by atoms with van der Waals surface area (Å²) in [7, 11) is 0. The zero-order valence-corrected chi connectivity index (χ0v) is 44.4. The molecule has 83 heavy (non-hydrogen) atoms. The second-order valence-corrected chi connectivity index (χ2v) is 21.0. The monoisotopic (exact) mass is 1220 g/mol. The molecule has 7 heterocycles. The van der Waals surface area contributed by atoms with Gasteiger partial charge in [0.2, 0.25) is 11.8 Å². The maximum Gasteiger partial charge on any atom is 0.217 e. The second kappa shape index (κ2) is 29.7. The van der Waals surface area contributed by atoms with Crippen molar-refractivity contribution in [1.29, 1.82) is 0 Å². The molecule has 0 unspecified atom stereocenters. The third kappa shape index (κ3) is 15.0. The highest BCUT2D eigenvalue weighted by Crippen LogP contribution is 2.37. The quantitative estimate of drug-likeness (QED) is 0.0507. The number of hydrogen-bond acceptors (Lipinski definition) is 35. The zero-order valence-electron chi connectivity index (χ0n) is 44.4. The Morgan fingerprint density at radius 1 is 0.349 bits per heavy atom. The fourth-order valence-corrected chi connectivity index (χ4v) is 10.5. The number of nitrogens with one attached hydrogen (secondary N) is 2. The van der Waals surface area contributed by atoms with Crippen molar-refractivity contribution in [3.05, 3.63) is 0 Å². The highest BCUT2D eigenvalue weighted by Gasteiger charge is 2.57. The van der Waals surface area contributed by atoms with Crippen molar-refractivity contribution in [1.82, 2.24) is 10.6 Å². The largest absolute Gasteiger partial charge is 0.394 e. The SMILES string of the molecule is CC(=O)N[C@H]1[C@H](O[C@H]2[C@H](O)[C@@H](NC(C)=O)CO[C@@H]2CO)O[C@H](CO)[C@@H](O[C@@H]2O[C@H](CO[C@H]3O[C@H](CO[C@@H]4O[C@H](CO)[C@@H](O)[C@H](O)[C@@H]4O)[C@@H](O)[C@H](O[C@H]4O[C@H](CO)[C@@H](O)[C@H](O)[C@@H]4O)[C@@H]3O)[C@@H](O)[C@H](O[C@H]3O[C@H](CO)[C@@H](O)[C@H](O)[C@@H]3O)[C@@H]2O)[C@@H]1O. The van der Waals surface area contributed by atoms with Gasteiger partial charge in [-0.2, -0.15) is 0 Å². The molecular formula is C46H78N2O35. The summed E-state index contributed by atoms with van der Waals surface area (Å²) >= 11 is 0. The third-order valence-electron chi connectivity index (χ3n) is 15.2. The maximum absolute atomic E-state index is 12.7. The van der Waals surface area contributed by atoms with Crippen LogP contribution in [0, 0.1) is 0 Å². The molecule has 0 aromatic rings. The van der Waals surface area contributed by atoms with E-state index >= 15 is 0 Å². The van der Waals surface area contributed by atoms with Gasteiger partial charge < -0.3 is 174 Å². The Hall–Kier alpha value is -2.38. The molecule has 2 amide bonds. The van der Waals surface area contributed by atoms with Crippen LogP contribution in [0.5, 0.6) is 0 Å². The lowest BCUT2D eigenvalue weighted by molar-refractivity contribution is -0.387. The smallest absolute Gasteiger partial charge is 0.217 e. The molecule has 0 saturated carbocycles. The Labute approximate surface area is 470 Å². The zero-order chi connectivity index (χ0) is 61.0. The summed E-state index contributed by atoms with van der Waals surface area (Å²) in [5.41, 5.74) is 0. The third-order valence-corrected chi connectivity index (χ3v) is 15.2. The Bertz CT molecular complexity index is 2020. The first-order chi connectivity index (χ1) is 39.3. The molecule has 7 saturated heterocycles. The first kappa shape index (κ1) is 68.1. The van der Waals surface area contributed by atoms with Crippen molar-refractivity contribution in [2.75, 3.05) is 52.9 Å². The van der Waals surface area contributed by atoms with Crippen LogP contribution in [0.15, 0.2) is 0 Å². The molecule has 0 aromatic heterocycles. The Morgan fingerprint density at radius 3 is 1.13 bits per heavy atom. The molecular weight excluding hydrogens is 1140 g/mol. The molecule has 7 rings (SSSR count). The van der Waals surface area contributed by atoms with Crippen molar-refractivity contribution in [3.63, 3.8) is 0 Å². The molecule has 0 radical (unpaired) electrons. The normalized spacial score (nSPS) is 49.9. The molecule has 0 aromatic carbocycles. The molecule has 37 nitrogen and oxygen atoms in total. The lowest BCUT2D eigenvalue weighted by Gasteiger charge is -2.50. The van der Waals surface area contributed by atoms with Gasteiger partial charge in [-0.3, -0.25) is 9.59 Å². The lowest BCUT2D eigenvalue weighted by Crippen LogP contribution is -2.70. The summed E-state index contributed by atoms with van der Waals surface area (Å²) in [4.78, 5) is 24.6. The average molecular weight is 1220 g/mol. The number of amides is 2. The van der Waals surface area contributed by atoms with E-state index in [4.69, 9.17) is 61.6 Å². The molecule has 22 N–H and O–H groups in total. The van der Waals surface area contributed by atoms with Crippen LogP contribution in [0.25, 0.3) is 0 Å². The summed E-state index contributed by atoms with van der Waals surface area (Å²) in [6.07, 6.45) is -61.9. The van der Waals surface area contributed by atoms with Crippen LogP contribution in [0.2, 0.25) is 0 Å². The van der Waals surface area contributed by atoms with Gasteiger partial charge in [-0.25, -0.2) is 0 Å². The van der Waals surface area contributed by atoms with Crippen molar-refractivity contribution in [2.45, 2.75) is 222 Å². The predicted molar refractivity (Wildman–Crippen MR) is 254 cm³/mol. The summed E-state index contributed by atoms with van der Waals surface area (Å²) in [6.45, 7) is -4.66. The van der Waals surface area contributed by atoms with Gasteiger partial charge in [0.1, 0.15) is 165 Å². The minimum absolute atomic E-state index is 0.280. The van der Waals surface area contributed by atoms with Gasteiger partial charge >= 0.3 is 0 Å². The van der Waals surface area contributed by atoms with Crippen molar-refractivity contribution in [3.8, 4) is 0 Å². The van der Waals surface area contributed by atoms with E-state index < -0.39 is 267 Å². The molecule has 7 fully saturated rings. The van der Waals surface area contributed by atoms with E-state index in [2.05, 4.69) is 10.6 Å². The number of ether oxygens (including phenoxy) is 13. The number of rotatable bonds is 21. The highest BCUT2D eigenvalue weighted by atomic mass is 16.8. The van der Waals surface area contributed by atoms with Crippen LogP contribution < -0.4 is 10.6 Å². The Kier molecular flexibility index (Phi) is 24.4. The highest BCUT2D eigenvalue weighted by molar-refractivity contribution is 5.73. The number of aliphatic hydroxyl groups excluding tert-OH is 20.